The van der Waals surface area contributed by atoms with Gasteiger partial charge in [-0.25, -0.2) is 0 Å². The van der Waals surface area contributed by atoms with Gasteiger partial charge in [0.25, 0.3) is 0 Å². The summed E-state index contributed by atoms with van der Waals surface area (Å²) in [5.74, 6) is 0. The maximum Gasteiger partial charge on any atom is 0.136 e. The van der Waals surface area contributed by atoms with Gasteiger partial charge in [-0.1, -0.05) is 109 Å². The largest absolute Gasteiger partial charge is 0.456 e. The number of benzene rings is 6. The summed E-state index contributed by atoms with van der Waals surface area (Å²) in [5.41, 5.74) is 10.5. The summed E-state index contributed by atoms with van der Waals surface area (Å²) in [4.78, 5) is 0. The number of hydrogen-bond donors (Lipinski definition) is 0. The van der Waals surface area contributed by atoms with Crippen molar-refractivity contribution in [1.82, 2.24) is 4.57 Å². The molecule has 0 amide bonds. The Kier molecular flexibility index (Phi) is 4.80. The molecule has 0 saturated carbocycles. The summed E-state index contributed by atoms with van der Waals surface area (Å²) >= 11 is 1.90. The van der Waals surface area contributed by atoms with Crippen molar-refractivity contribution in [3.63, 3.8) is 0 Å². The van der Waals surface area contributed by atoms with Crippen LogP contribution in [0.15, 0.2) is 144 Å². The van der Waals surface area contributed by atoms with Gasteiger partial charge in [-0.2, -0.15) is 0 Å². The van der Waals surface area contributed by atoms with Crippen LogP contribution in [-0.4, -0.2) is 4.57 Å². The first-order valence-electron chi connectivity index (χ1n) is 13.9. The maximum atomic E-state index is 6.15. The summed E-state index contributed by atoms with van der Waals surface area (Å²) in [6.45, 7) is 0. The molecule has 0 radical (unpaired) electrons. The Morgan fingerprint density at radius 2 is 1.10 bits per heavy atom. The van der Waals surface area contributed by atoms with Gasteiger partial charge in [-0.15, -0.1) is 11.3 Å². The number of nitrogens with zero attached hydrogens (tertiary/aromatic N) is 1. The second kappa shape index (κ2) is 8.69. The average Bonchev–Trinajstić information content (AvgIpc) is 3.70. The highest BCUT2D eigenvalue weighted by Crippen LogP contribution is 2.46. The molecule has 0 spiro atoms. The molecular weight excluding hydrogens is 518 g/mol. The van der Waals surface area contributed by atoms with Crippen LogP contribution in [0.25, 0.3) is 81.1 Å². The summed E-state index contributed by atoms with van der Waals surface area (Å²) in [5, 5.41) is 4.92. The van der Waals surface area contributed by atoms with Gasteiger partial charge >= 0.3 is 0 Å². The van der Waals surface area contributed by atoms with Crippen molar-refractivity contribution >= 4 is 64.5 Å². The lowest BCUT2D eigenvalue weighted by Gasteiger charge is -2.09. The van der Waals surface area contributed by atoms with Crippen LogP contribution < -0.4 is 0 Å². The van der Waals surface area contributed by atoms with Gasteiger partial charge in [0, 0.05) is 31.9 Å². The van der Waals surface area contributed by atoms with Crippen LogP contribution in [0.5, 0.6) is 0 Å². The van der Waals surface area contributed by atoms with Crippen LogP contribution in [-0.2, 0) is 0 Å². The van der Waals surface area contributed by atoms with E-state index in [4.69, 9.17) is 4.42 Å². The zero-order valence-electron chi connectivity index (χ0n) is 22.0. The summed E-state index contributed by atoms with van der Waals surface area (Å²) in [7, 11) is 0. The van der Waals surface area contributed by atoms with E-state index in [1.165, 1.54) is 64.5 Å². The summed E-state index contributed by atoms with van der Waals surface area (Å²) < 4.78 is 11.2. The van der Waals surface area contributed by atoms with Crippen molar-refractivity contribution in [2.24, 2.45) is 0 Å². The Hall–Kier alpha value is -5.12. The van der Waals surface area contributed by atoms with E-state index in [9.17, 15) is 0 Å². The number of thiophene rings is 1. The molecule has 3 heterocycles. The molecule has 41 heavy (non-hydrogen) atoms. The number of para-hydroxylation sites is 3. The van der Waals surface area contributed by atoms with Crippen LogP contribution in [0.1, 0.15) is 0 Å². The van der Waals surface area contributed by atoms with Crippen LogP contribution in [0.2, 0.25) is 0 Å². The molecule has 6 aromatic carbocycles. The zero-order valence-corrected chi connectivity index (χ0v) is 22.9. The first-order chi connectivity index (χ1) is 20.3. The van der Waals surface area contributed by atoms with Gasteiger partial charge in [-0.05, 0) is 52.6 Å². The normalized spacial score (nSPS) is 11.9. The van der Waals surface area contributed by atoms with E-state index in [1.807, 2.05) is 23.5 Å². The Bertz CT molecular complexity index is 2410. The van der Waals surface area contributed by atoms with E-state index < -0.39 is 0 Å². The summed E-state index contributed by atoms with van der Waals surface area (Å²) in [6.07, 6.45) is 0. The predicted molar refractivity (Wildman–Crippen MR) is 174 cm³/mol. The second-order valence-corrected chi connectivity index (χ2v) is 11.5. The van der Waals surface area contributed by atoms with Crippen molar-refractivity contribution in [3.05, 3.63) is 140 Å². The topological polar surface area (TPSA) is 18.1 Å². The van der Waals surface area contributed by atoms with Crippen LogP contribution >= 0.6 is 11.3 Å². The van der Waals surface area contributed by atoms with E-state index >= 15 is 0 Å². The molecular formula is C38H23NOS. The quantitative estimate of drug-likeness (QED) is 0.217. The molecule has 9 rings (SSSR count). The van der Waals surface area contributed by atoms with E-state index in [1.54, 1.807) is 0 Å². The van der Waals surface area contributed by atoms with E-state index in [2.05, 4.69) is 132 Å². The Balaban J connectivity index is 1.23. The SMILES string of the molecule is c1ccc(-n2c3ccccc3c3sc4c(-c5ccc(-c6cccc7oc8ccccc8c67)cc5)cccc4c32)cc1. The molecule has 9 aromatic rings. The number of aromatic nitrogens is 1. The van der Waals surface area contributed by atoms with Crippen molar-refractivity contribution in [2.45, 2.75) is 0 Å². The predicted octanol–water partition coefficient (Wildman–Crippen LogP) is 11.2. The Morgan fingerprint density at radius 3 is 1.95 bits per heavy atom. The smallest absolute Gasteiger partial charge is 0.136 e. The van der Waals surface area contributed by atoms with Gasteiger partial charge in [0.2, 0.25) is 0 Å². The average molecular weight is 542 g/mol. The molecule has 0 aliphatic rings. The minimum atomic E-state index is 0.925. The van der Waals surface area contributed by atoms with E-state index in [0.717, 1.165) is 16.6 Å². The molecule has 0 atom stereocenters. The first-order valence-corrected chi connectivity index (χ1v) is 14.7. The van der Waals surface area contributed by atoms with Crippen LogP contribution in [0.4, 0.5) is 0 Å². The van der Waals surface area contributed by atoms with Crippen molar-refractivity contribution in [3.8, 4) is 27.9 Å². The molecule has 2 nitrogen and oxygen atoms in total. The van der Waals surface area contributed by atoms with Gasteiger partial charge in [0.05, 0.1) is 15.7 Å². The molecule has 0 aliphatic carbocycles. The highest BCUT2D eigenvalue weighted by atomic mass is 32.1. The third-order valence-electron chi connectivity index (χ3n) is 8.23. The molecule has 0 aliphatic heterocycles. The van der Waals surface area contributed by atoms with Gasteiger partial charge in [0.1, 0.15) is 11.2 Å². The number of rotatable bonds is 3. The highest BCUT2D eigenvalue weighted by molar-refractivity contribution is 7.27. The first kappa shape index (κ1) is 22.7. The van der Waals surface area contributed by atoms with Crippen molar-refractivity contribution in [1.29, 1.82) is 0 Å². The Morgan fingerprint density at radius 1 is 0.463 bits per heavy atom. The van der Waals surface area contributed by atoms with Crippen LogP contribution in [0.3, 0.4) is 0 Å². The molecule has 0 fully saturated rings. The number of fused-ring (bicyclic) bond motifs is 8. The maximum absolute atomic E-state index is 6.15. The van der Waals surface area contributed by atoms with Crippen molar-refractivity contribution in [2.75, 3.05) is 0 Å². The fraction of sp³-hybridized carbons (Fsp3) is 0. The monoisotopic (exact) mass is 541 g/mol. The minimum absolute atomic E-state index is 0.925. The minimum Gasteiger partial charge on any atom is -0.456 e. The molecule has 0 bridgehead atoms. The van der Waals surface area contributed by atoms with Gasteiger partial charge < -0.3 is 8.98 Å². The van der Waals surface area contributed by atoms with E-state index in [0.29, 0.717) is 0 Å². The van der Waals surface area contributed by atoms with Crippen molar-refractivity contribution < 1.29 is 4.42 Å². The molecule has 0 unspecified atom stereocenters. The third-order valence-corrected chi connectivity index (χ3v) is 9.49. The highest BCUT2D eigenvalue weighted by Gasteiger charge is 2.19. The molecule has 0 N–H and O–H groups in total. The lowest BCUT2D eigenvalue weighted by Crippen LogP contribution is -1.92. The fourth-order valence-corrected chi connectivity index (χ4v) is 7.76. The lowest BCUT2D eigenvalue weighted by atomic mass is 9.96. The van der Waals surface area contributed by atoms with Gasteiger partial charge in [-0.3, -0.25) is 0 Å². The zero-order chi connectivity index (χ0) is 26.9. The fourth-order valence-electron chi connectivity index (χ4n) is 6.41. The third kappa shape index (κ3) is 3.30. The molecule has 192 valence electrons. The Labute approximate surface area is 240 Å². The molecule has 3 heteroatoms. The number of hydrogen-bond acceptors (Lipinski definition) is 2. The number of furan rings is 1. The standard InChI is InChI=1S/C38H23NOS/c1-2-10-26(11-3-1)39-32-17-6-4-12-29(32)38-36(39)31-16-8-15-28(37(31)41-38)25-22-20-24(21-23-25)27-14-9-19-34-35(27)30-13-5-7-18-33(30)40-34/h1-23H. The van der Waals surface area contributed by atoms with Gasteiger partial charge in [0.15, 0.2) is 0 Å². The second-order valence-electron chi connectivity index (χ2n) is 10.5. The molecule has 0 saturated heterocycles. The van der Waals surface area contributed by atoms with E-state index in [-0.39, 0.29) is 0 Å². The summed E-state index contributed by atoms with van der Waals surface area (Å²) in [6, 6.07) is 49.8. The lowest BCUT2D eigenvalue weighted by molar-refractivity contribution is 0.669. The molecule has 3 aromatic heterocycles. The van der Waals surface area contributed by atoms with Crippen LogP contribution in [0, 0.1) is 0 Å².